The van der Waals surface area contributed by atoms with Gasteiger partial charge in [0.25, 0.3) is 11.8 Å². The van der Waals surface area contributed by atoms with Crippen LogP contribution in [0.2, 0.25) is 0 Å². The first-order chi connectivity index (χ1) is 46.2. The van der Waals surface area contributed by atoms with Crippen molar-refractivity contribution >= 4 is 69.3 Å². The summed E-state index contributed by atoms with van der Waals surface area (Å²) in [5.41, 5.74) is 19.7. The number of anilines is 2. The molecule has 4 heterocycles. The summed E-state index contributed by atoms with van der Waals surface area (Å²) in [6.07, 6.45) is 4.71. The number of aliphatic hydroxyl groups excluding tert-OH is 2. The molecule has 0 radical (unpaired) electrons. The first-order valence-corrected chi connectivity index (χ1v) is 33.6. The number of ether oxygens (including phenoxy) is 8. The monoisotopic (exact) mass is 1370 g/mol. The Hall–Kier alpha value is -8.42. The molecule has 9 atom stereocenters. The number of amides is 6. The summed E-state index contributed by atoms with van der Waals surface area (Å²) in [5, 5.41) is 31.0. The molecule has 6 amide bonds. The van der Waals surface area contributed by atoms with Gasteiger partial charge in [0, 0.05) is 80.1 Å². The number of carbonyl (C=O) groups is 6. The predicted molar refractivity (Wildman–Crippen MR) is 354 cm³/mol. The number of methoxy groups -OCH3 is 2. The van der Waals surface area contributed by atoms with Gasteiger partial charge in [0.15, 0.2) is 29.2 Å². The summed E-state index contributed by atoms with van der Waals surface area (Å²) in [7, 11) is -1.34. The van der Waals surface area contributed by atoms with Crippen LogP contribution in [0.3, 0.4) is 0 Å². The Balaban J connectivity index is 0.703. The van der Waals surface area contributed by atoms with Crippen LogP contribution >= 0.6 is 0 Å². The average Bonchev–Trinajstić information content (AvgIpc) is 1.60. The third kappa shape index (κ3) is 17.3. The van der Waals surface area contributed by atoms with Gasteiger partial charge in [0.2, 0.25) is 11.8 Å². The van der Waals surface area contributed by atoms with E-state index in [1.54, 1.807) is 69.6 Å². The Morgan fingerprint density at radius 1 is 0.784 bits per heavy atom. The minimum absolute atomic E-state index is 0.00203. The molecule has 526 valence electrons. The minimum Gasteiger partial charge on any atom is -0.493 e. The maximum absolute atomic E-state index is 14.3. The summed E-state index contributed by atoms with van der Waals surface area (Å²) < 4.78 is 74.2. The van der Waals surface area contributed by atoms with Crippen LogP contribution in [0.25, 0.3) is 0 Å². The molecule has 2 aliphatic carbocycles. The molecule has 97 heavy (non-hydrogen) atoms. The molecule has 0 aromatic heterocycles. The van der Waals surface area contributed by atoms with Crippen molar-refractivity contribution in [2.75, 3.05) is 77.2 Å². The zero-order chi connectivity index (χ0) is 70.0. The van der Waals surface area contributed by atoms with Crippen LogP contribution in [0.5, 0.6) is 23.0 Å². The fourth-order valence-electron chi connectivity index (χ4n) is 12.5. The molecule has 3 aromatic rings. The fourth-order valence-corrected chi connectivity index (χ4v) is 13.2. The van der Waals surface area contributed by atoms with Gasteiger partial charge in [0.05, 0.1) is 89.0 Å². The maximum atomic E-state index is 14.3. The summed E-state index contributed by atoms with van der Waals surface area (Å²) in [6, 6.07) is 10.4. The summed E-state index contributed by atoms with van der Waals surface area (Å²) in [5.74, 6) is 4.99. The van der Waals surface area contributed by atoms with Crippen LogP contribution in [-0.4, -0.2) is 179 Å². The van der Waals surface area contributed by atoms with Crippen LogP contribution in [-0.2, 0) is 45.4 Å². The van der Waals surface area contributed by atoms with E-state index >= 15 is 0 Å². The second-order valence-electron chi connectivity index (χ2n) is 25.3. The van der Waals surface area contributed by atoms with E-state index in [-0.39, 0.29) is 106 Å². The molecule has 3 aromatic carbocycles. The molecule has 4 aliphatic heterocycles. The van der Waals surface area contributed by atoms with E-state index in [2.05, 4.69) is 37.5 Å². The highest BCUT2D eigenvalue weighted by molar-refractivity contribution is 7.88. The molecule has 0 saturated heterocycles. The van der Waals surface area contributed by atoms with Crippen LogP contribution in [0.15, 0.2) is 77.1 Å². The number of benzene rings is 3. The second-order valence-corrected chi connectivity index (χ2v) is 26.8. The molecular formula is C66H88N12O18S. The number of aliphatic imine (C=N–C) groups is 1. The molecule has 1 fully saturated rings. The highest BCUT2D eigenvalue weighted by Crippen LogP contribution is 2.54. The van der Waals surface area contributed by atoms with Crippen molar-refractivity contribution in [3.63, 3.8) is 0 Å². The first-order valence-electron chi connectivity index (χ1n) is 32.2. The number of rotatable bonds is 31. The van der Waals surface area contributed by atoms with Gasteiger partial charge in [-0.2, -0.15) is 13.1 Å². The van der Waals surface area contributed by atoms with Crippen molar-refractivity contribution < 1.29 is 85.3 Å². The number of fused-ring (bicyclic) bond motifs is 5. The molecule has 0 bridgehead atoms. The van der Waals surface area contributed by atoms with Gasteiger partial charge in [0.1, 0.15) is 30.2 Å². The number of aliphatic hydroxyl groups is 2. The number of unbranched alkanes of at least 4 members (excludes halogenated alkanes) is 2. The van der Waals surface area contributed by atoms with E-state index < -0.39 is 81.5 Å². The number of nitrogens with zero attached hydrogens (tertiary/aromatic N) is 4. The van der Waals surface area contributed by atoms with E-state index in [1.165, 1.54) is 49.3 Å². The van der Waals surface area contributed by atoms with Crippen molar-refractivity contribution in [1.29, 1.82) is 0 Å². The van der Waals surface area contributed by atoms with Gasteiger partial charge in [-0.05, 0) is 94.5 Å². The smallest absolute Gasteiger partial charge is 0.421 e. The van der Waals surface area contributed by atoms with Crippen LogP contribution in [0, 0.1) is 29.6 Å². The van der Waals surface area contributed by atoms with Gasteiger partial charge >= 0.3 is 22.4 Å². The first kappa shape index (κ1) is 72.8. The van der Waals surface area contributed by atoms with Crippen molar-refractivity contribution in [3.8, 4) is 34.8 Å². The molecule has 30 nitrogen and oxygen atoms in total. The Bertz CT molecular complexity index is 3710. The maximum Gasteiger partial charge on any atom is 0.421 e. The molecule has 1 unspecified atom stereocenters. The van der Waals surface area contributed by atoms with Crippen molar-refractivity contribution in [1.82, 2.24) is 29.9 Å². The van der Waals surface area contributed by atoms with Gasteiger partial charge in [-0.3, -0.25) is 39.3 Å². The fraction of sp³-hybridized carbons (Fsp3) is 0.530. The summed E-state index contributed by atoms with van der Waals surface area (Å²) in [6.45, 7) is 8.34. The van der Waals surface area contributed by atoms with Gasteiger partial charge in [-0.15, -0.1) is 11.8 Å². The molecular weight excluding hydrogens is 1280 g/mol. The SMILES string of the molecule is COc1cc2c(cc1OCCCCCOc1cc3c(cc1OC)C(=O)N1C=C(C)C[C@@]1(N)[C@H](O)N3C(=O)OCc1ccc(NC(=O)[C@H](C)NC(=O)[C@@H](NC(O)COCCOCCNS(=O)(=O)NC(=O)OC[C@H]3[C@H]4CCC#CCC[C@]43N)C(C)C)cc1)N=C[C@]1(N)CC(C)=CN1C2=O. The van der Waals surface area contributed by atoms with Crippen LogP contribution < -0.4 is 66.4 Å². The van der Waals surface area contributed by atoms with Crippen LogP contribution in [0.1, 0.15) is 119 Å². The Morgan fingerprint density at radius 2 is 1.43 bits per heavy atom. The van der Waals surface area contributed by atoms with Gasteiger partial charge in [-0.25, -0.2) is 19.2 Å². The normalized spacial score (nSPS) is 23.1. The quantitative estimate of drug-likeness (QED) is 0.0249. The highest BCUT2D eigenvalue weighted by atomic mass is 32.2. The van der Waals surface area contributed by atoms with Crippen molar-refractivity contribution in [3.05, 3.63) is 88.8 Å². The molecule has 31 heteroatoms. The van der Waals surface area contributed by atoms with Crippen LogP contribution in [0.4, 0.5) is 26.7 Å². The second kappa shape index (κ2) is 31.4. The molecule has 1 saturated carbocycles. The predicted octanol–water partition coefficient (Wildman–Crippen LogP) is 3.82. The zero-order valence-corrected chi connectivity index (χ0v) is 56.3. The molecule has 13 N–H and O–H groups in total. The standard InChI is InChI=1S/C66H88N12O18S/c1-39(2)56(74-55(79)37-92-26-25-91-24-21-71-97(87,88)75-62(85)95-36-48-47-15-11-8-9-12-20-65(47,48)68)58(81)72-42(5)57(80)73-44-18-16-43(17-19-44)35-96-63(86)78-50-30-54(52(90-7)28-46(50)60(83)77-34-41(4)32-66(77,69)61(78)84)94-23-14-10-13-22-93-53-29-49-45(27-51(53)89-6)59(82)76-33-40(3)31-64(76,67)38-70-49/h16-19,27-30,33-34,38-39,42,47-48,55-56,61,71,74,79,84H,10-15,20-26,31-32,35-37,67-69H2,1-7H3,(H,72,81)(H,73,80)(H,75,85)/t42-,47+,48-,55?,56-,61-,64-,65-,66-/m0/s1. The lowest BCUT2D eigenvalue weighted by Crippen LogP contribution is -2.65. The van der Waals surface area contributed by atoms with Gasteiger partial charge in [-0.1, -0.05) is 37.1 Å². The van der Waals surface area contributed by atoms with Crippen molar-refractivity contribution in [2.45, 2.75) is 140 Å². The third-order valence-corrected chi connectivity index (χ3v) is 18.7. The zero-order valence-electron chi connectivity index (χ0n) is 55.5. The molecule has 6 aliphatic rings. The van der Waals surface area contributed by atoms with E-state index in [1.807, 2.05) is 11.6 Å². The minimum atomic E-state index is -4.24. The Morgan fingerprint density at radius 3 is 2.13 bits per heavy atom. The lowest BCUT2D eigenvalue weighted by atomic mass is 10.0. The third-order valence-electron chi connectivity index (χ3n) is 17.7. The topological polar surface area (TPSA) is 411 Å². The van der Waals surface area contributed by atoms with Crippen molar-refractivity contribution in [2.24, 2.45) is 39.9 Å². The number of hydrogen-bond donors (Lipinski definition) is 10. The summed E-state index contributed by atoms with van der Waals surface area (Å²) >= 11 is 0. The average molecular weight is 1370 g/mol. The number of nitrogens with two attached hydrogens (primary N) is 3. The number of hydrogen-bond acceptors (Lipinski definition) is 23. The van der Waals surface area contributed by atoms with E-state index in [4.69, 9.17) is 55.1 Å². The Labute approximate surface area is 563 Å². The summed E-state index contributed by atoms with van der Waals surface area (Å²) in [4.78, 5) is 89.4. The van der Waals surface area contributed by atoms with E-state index in [0.717, 1.165) is 16.9 Å². The van der Waals surface area contributed by atoms with E-state index in [0.29, 0.717) is 91.1 Å². The largest absolute Gasteiger partial charge is 0.493 e. The Kier molecular flexibility index (Phi) is 23.6. The van der Waals surface area contributed by atoms with E-state index in [9.17, 15) is 47.4 Å². The van der Waals surface area contributed by atoms with Gasteiger partial charge < -0.3 is 75.9 Å². The highest BCUT2D eigenvalue weighted by Gasteiger charge is 2.61. The molecule has 0 spiro atoms. The lowest BCUT2D eigenvalue weighted by molar-refractivity contribution is -0.129. The lowest BCUT2D eigenvalue weighted by Gasteiger charge is -2.39. The number of carbonyl (C=O) groups excluding carboxylic acids is 6. The molecule has 9 rings (SSSR count). The number of nitrogens with one attached hydrogen (secondary N) is 5.